The van der Waals surface area contributed by atoms with Gasteiger partial charge in [0.1, 0.15) is 0 Å². The number of aliphatic imine (C=N–C) groups is 1. The van der Waals surface area contributed by atoms with Gasteiger partial charge in [0.15, 0.2) is 0 Å². The van der Waals surface area contributed by atoms with Crippen LogP contribution in [0.5, 0.6) is 0 Å². The molecular formula is C23H36N6O3S. The summed E-state index contributed by atoms with van der Waals surface area (Å²) in [6, 6.07) is 3.65. The fourth-order valence-electron chi connectivity index (χ4n) is 4.22. The molecule has 2 aliphatic rings. The van der Waals surface area contributed by atoms with E-state index in [2.05, 4.69) is 9.98 Å². The average Bonchev–Trinajstić information content (AvgIpc) is 3.68. The predicted molar refractivity (Wildman–Crippen MR) is 128 cm³/mol. The first-order chi connectivity index (χ1) is 16.0. The first-order valence-corrected chi connectivity index (χ1v) is 13.6. The maximum atomic E-state index is 12.8. The number of aromatic nitrogens is 1. The highest BCUT2D eigenvalue weighted by atomic mass is 32.2. The second-order valence-electron chi connectivity index (χ2n) is 8.91. The van der Waals surface area contributed by atoms with E-state index in [4.69, 9.17) is 15.8 Å². The lowest BCUT2D eigenvalue weighted by molar-refractivity contribution is -0.103. The van der Waals surface area contributed by atoms with Crippen molar-refractivity contribution in [2.45, 2.75) is 75.9 Å². The van der Waals surface area contributed by atoms with Crippen LogP contribution in [-0.4, -0.2) is 48.8 Å². The zero-order valence-electron chi connectivity index (χ0n) is 19.3. The topological polar surface area (TPSA) is 125 Å². The molecule has 3 rings (SSSR count). The second kappa shape index (κ2) is 12.9. The number of nitrogens with zero attached hydrogens (tertiary/aromatic N) is 5. The molecule has 9 nitrogen and oxygen atoms in total. The van der Waals surface area contributed by atoms with Gasteiger partial charge in [0.05, 0.1) is 11.9 Å². The molecule has 0 unspecified atom stereocenters. The van der Waals surface area contributed by atoms with Gasteiger partial charge in [-0.25, -0.2) is 8.42 Å². The van der Waals surface area contributed by atoms with Gasteiger partial charge in [-0.1, -0.05) is 36.6 Å². The van der Waals surface area contributed by atoms with Crippen molar-refractivity contribution in [3.8, 4) is 6.19 Å². The van der Waals surface area contributed by atoms with E-state index in [1.165, 1.54) is 23.7 Å². The van der Waals surface area contributed by atoms with Crippen molar-refractivity contribution in [3.05, 3.63) is 24.5 Å². The third-order valence-electron chi connectivity index (χ3n) is 6.30. The van der Waals surface area contributed by atoms with Crippen LogP contribution in [0, 0.1) is 17.4 Å². The third kappa shape index (κ3) is 7.95. The van der Waals surface area contributed by atoms with Gasteiger partial charge in [0, 0.05) is 31.2 Å². The summed E-state index contributed by atoms with van der Waals surface area (Å²) >= 11 is 0. The van der Waals surface area contributed by atoms with Crippen molar-refractivity contribution in [2.75, 3.05) is 24.6 Å². The zero-order chi connectivity index (χ0) is 23.5. The zero-order valence-corrected chi connectivity index (χ0v) is 20.1. The Balaban J connectivity index is 1.44. The number of guanidine groups is 1. The highest BCUT2D eigenvalue weighted by Crippen LogP contribution is 2.32. The molecule has 1 aromatic rings. The van der Waals surface area contributed by atoms with E-state index in [0.717, 1.165) is 57.1 Å². The fraction of sp³-hybridized carbons (Fsp3) is 0.696. The average molecular weight is 477 g/mol. The van der Waals surface area contributed by atoms with Crippen molar-refractivity contribution in [1.29, 1.82) is 5.26 Å². The Labute approximate surface area is 197 Å². The number of hydrogen-bond acceptors (Lipinski definition) is 6. The minimum Gasteiger partial charge on any atom is -0.369 e. The molecule has 2 fully saturated rings. The minimum absolute atomic E-state index is 0.154. The standard InChI is InChI=1S/C23H36N6O3S/c24-19-27-23(25)28(21-12-14-26-15-13-21)16-6-1-2-7-17-29(33(30,31)22-10-11-22)32-18-20-8-4-3-5-9-20/h12-15,20,22H,1-11,16-18H2,(H2,25,27). The monoisotopic (exact) mass is 476 g/mol. The summed E-state index contributed by atoms with van der Waals surface area (Å²) in [7, 11) is -3.35. The number of hydroxylamine groups is 1. The summed E-state index contributed by atoms with van der Waals surface area (Å²) in [6.45, 7) is 1.52. The van der Waals surface area contributed by atoms with E-state index >= 15 is 0 Å². The van der Waals surface area contributed by atoms with Crippen LogP contribution in [0.3, 0.4) is 0 Å². The summed E-state index contributed by atoms with van der Waals surface area (Å²) < 4.78 is 26.9. The van der Waals surface area contributed by atoms with Crippen LogP contribution >= 0.6 is 0 Å². The summed E-state index contributed by atoms with van der Waals surface area (Å²) in [6.07, 6.45) is 15.9. The summed E-state index contributed by atoms with van der Waals surface area (Å²) in [4.78, 5) is 15.3. The van der Waals surface area contributed by atoms with E-state index in [0.29, 0.717) is 25.6 Å². The van der Waals surface area contributed by atoms with Crippen molar-refractivity contribution >= 4 is 21.7 Å². The van der Waals surface area contributed by atoms with Gasteiger partial charge in [-0.3, -0.25) is 9.82 Å². The summed E-state index contributed by atoms with van der Waals surface area (Å²) in [5.41, 5.74) is 6.79. The molecule has 1 aromatic heterocycles. The van der Waals surface area contributed by atoms with Gasteiger partial charge in [0.25, 0.3) is 0 Å². The Hall–Kier alpha value is -2.22. The van der Waals surface area contributed by atoms with E-state index in [-0.39, 0.29) is 11.2 Å². The molecule has 2 N–H and O–H groups in total. The van der Waals surface area contributed by atoms with E-state index in [1.807, 2.05) is 12.1 Å². The SMILES string of the molecule is N#CN=C(N)N(CCCCCCN(OCC1CCCCC1)S(=O)(=O)C1CC1)c1ccncc1. The predicted octanol–water partition coefficient (Wildman–Crippen LogP) is 3.55. The Morgan fingerprint density at radius 2 is 1.76 bits per heavy atom. The molecule has 2 saturated carbocycles. The smallest absolute Gasteiger partial charge is 0.238 e. The van der Waals surface area contributed by atoms with Crippen LogP contribution < -0.4 is 10.6 Å². The second-order valence-corrected chi connectivity index (χ2v) is 11.0. The van der Waals surface area contributed by atoms with Crippen molar-refractivity contribution < 1.29 is 13.3 Å². The Kier molecular flexibility index (Phi) is 9.91. The van der Waals surface area contributed by atoms with Crippen LogP contribution in [0.15, 0.2) is 29.5 Å². The number of anilines is 1. The lowest BCUT2D eigenvalue weighted by Gasteiger charge is -2.26. The molecule has 182 valence electrons. The molecule has 2 aliphatic carbocycles. The molecule has 1 heterocycles. The first-order valence-electron chi connectivity index (χ1n) is 12.1. The van der Waals surface area contributed by atoms with Gasteiger partial charge in [-0.05, 0) is 56.6 Å². The molecule has 0 atom stereocenters. The van der Waals surface area contributed by atoms with Crippen LogP contribution in [0.25, 0.3) is 0 Å². The summed E-state index contributed by atoms with van der Waals surface area (Å²) in [5.74, 6) is 0.622. The van der Waals surface area contributed by atoms with Crippen LogP contribution in [0.4, 0.5) is 5.69 Å². The molecule has 0 radical (unpaired) electrons. The lowest BCUT2D eigenvalue weighted by atomic mass is 9.90. The largest absolute Gasteiger partial charge is 0.369 e. The highest BCUT2D eigenvalue weighted by Gasteiger charge is 2.41. The molecular weight excluding hydrogens is 440 g/mol. The van der Waals surface area contributed by atoms with Crippen LogP contribution in [0.2, 0.25) is 0 Å². The van der Waals surface area contributed by atoms with Crippen LogP contribution in [-0.2, 0) is 14.9 Å². The maximum absolute atomic E-state index is 12.8. The minimum atomic E-state index is -3.35. The number of nitriles is 1. The number of rotatable bonds is 13. The van der Waals surface area contributed by atoms with E-state index < -0.39 is 10.0 Å². The molecule has 0 amide bonds. The van der Waals surface area contributed by atoms with E-state index in [9.17, 15) is 8.42 Å². The van der Waals surface area contributed by atoms with Gasteiger partial charge < -0.3 is 10.6 Å². The normalized spacial score (nSPS) is 17.8. The quantitative estimate of drug-likeness (QED) is 0.152. The Morgan fingerprint density at radius 1 is 1.09 bits per heavy atom. The van der Waals surface area contributed by atoms with Crippen molar-refractivity contribution in [1.82, 2.24) is 9.45 Å². The fourth-order valence-corrected chi connectivity index (χ4v) is 5.87. The van der Waals surface area contributed by atoms with Gasteiger partial charge in [-0.15, -0.1) is 4.99 Å². The first kappa shape index (κ1) is 25.4. The molecule has 10 heteroatoms. The Bertz CT molecular complexity index is 893. The number of pyridine rings is 1. The number of sulfonamides is 1. The van der Waals surface area contributed by atoms with Crippen LogP contribution in [0.1, 0.15) is 70.6 Å². The molecule has 33 heavy (non-hydrogen) atoms. The number of unbranched alkanes of at least 4 members (excludes halogenated alkanes) is 3. The lowest BCUT2D eigenvalue weighted by Crippen LogP contribution is -2.38. The molecule has 0 bridgehead atoms. The highest BCUT2D eigenvalue weighted by molar-refractivity contribution is 7.89. The van der Waals surface area contributed by atoms with Crippen molar-refractivity contribution in [3.63, 3.8) is 0 Å². The third-order valence-corrected chi connectivity index (χ3v) is 8.47. The number of nitrogens with two attached hydrogens (primary N) is 1. The molecule has 0 saturated heterocycles. The van der Waals surface area contributed by atoms with E-state index in [1.54, 1.807) is 23.5 Å². The van der Waals surface area contributed by atoms with Gasteiger partial charge in [0.2, 0.25) is 22.2 Å². The Morgan fingerprint density at radius 3 is 2.39 bits per heavy atom. The number of hydrogen-bond donors (Lipinski definition) is 1. The van der Waals surface area contributed by atoms with Crippen molar-refractivity contribution in [2.24, 2.45) is 16.6 Å². The molecule has 0 aromatic carbocycles. The van der Waals surface area contributed by atoms with Gasteiger partial charge in [-0.2, -0.15) is 5.26 Å². The molecule has 0 spiro atoms. The summed E-state index contributed by atoms with van der Waals surface area (Å²) in [5, 5.41) is 8.58. The maximum Gasteiger partial charge on any atom is 0.238 e. The van der Waals surface area contributed by atoms with Gasteiger partial charge >= 0.3 is 0 Å². The molecule has 0 aliphatic heterocycles.